The van der Waals surface area contributed by atoms with Gasteiger partial charge in [-0.25, -0.2) is 0 Å². The van der Waals surface area contributed by atoms with Gasteiger partial charge in [-0.2, -0.15) is 0 Å². The van der Waals surface area contributed by atoms with Gasteiger partial charge in [-0.05, 0) is 76.2 Å². The van der Waals surface area contributed by atoms with Crippen LogP contribution in [0, 0.1) is 0 Å². The summed E-state index contributed by atoms with van der Waals surface area (Å²) in [7, 11) is 0. The molecule has 1 aliphatic heterocycles. The maximum Gasteiger partial charge on any atom is 0.0607 e. The first kappa shape index (κ1) is 16.9. The van der Waals surface area contributed by atoms with Crippen LogP contribution in [0.4, 0.5) is 0 Å². The Morgan fingerprint density at radius 2 is 2.17 bits per heavy atom. The molecule has 0 bridgehead atoms. The normalized spacial score (nSPS) is 24.6. The highest BCUT2D eigenvalue weighted by Gasteiger charge is 2.28. The standard InChI is InChI=1S/C19H32N4/c20-11-2-4-14-23(15-17-9-1-3-12-21-17)18-10-5-7-16-8-6-13-22-19(16)18/h6,8,13,17-18,21H,1-5,7,9-12,14-15,20H2/t17-,18+/m1/s1. The van der Waals surface area contributed by atoms with Crippen molar-refractivity contribution in [3.63, 3.8) is 0 Å². The third kappa shape index (κ3) is 4.52. The number of aryl methyl sites for hydroxylation is 1. The Morgan fingerprint density at radius 3 is 3.00 bits per heavy atom. The van der Waals surface area contributed by atoms with E-state index < -0.39 is 0 Å². The van der Waals surface area contributed by atoms with Gasteiger partial charge in [-0.1, -0.05) is 12.5 Å². The number of aromatic nitrogens is 1. The molecule has 0 aromatic carbocycles. The Labute approximate surface area is 140 Å². The number of hydrogen-bond donors (Lipinski definition) is 2. The molecule has 1 fully saturated rings. The van der Waals surface area contributed by atoms with E-state index in [9.17, 15) is 0 Å². The summed E-state index contributed by atoms with van der Waals surface area (Å²) in [5.74, 6) is 0. The zero-order chi connectivity index (χ0) is 15.9. The van der Waals surface area contributed by atoms with E-state index in [0.29, 0.717) is 12.1 Å². The van der Waals surface area contributed by atoms with E-state index in [-0.39, 0.29) is 0 Å². The molecule has 1 aliphatic carbocycles. The summed E-state index contributed by atoms with van der Waals surface area (Å²) in [6, 6.07) is 5.51. The highest BCUT2D eigenvalue weighted by molar-refractivity contribution is 5.25. The Hall–Kier alpha value is -0.970. The summed E-state index contributed by atoms with van der Waals surface area (Å²) in [6.45, 7) is 4.29. The lowest BCUT2D eigenvalue weighted by molar-refractivity contribution is 0.145. The van der Waals surface area contributed by atoms with Gasteiger partial charge in [0.1, 0.15) is 0 Å². The Bertz CT molecular complexity index is 470. The number of rotatable bonds is 7. The monoisotopic (exact) mass is 316 g/mol. The highest BCUT2D eigenvalue weighted by atomic mass is 15.2. The van der Waals surface area contributed by atoms with Crippen LogP contribution >= 0.6 is 0 Å². The van der Waals surface area contributed by atoms with E-state index in [2.05, 4.69) is 22.3 Å². The fourth-order valence-electron chi connectivity index (χ4n) is 4.14. The zero-order valence-corrected chi connectivity index (χ0v) is 14.3. The average Bonchev–Trinajstić information content (AvgIpc) is 2.61. The van der Waals surface area contributed by atoms with Gasteiger partial charge in [0.2, 0.25) is 0 Å². The van der Waals surface area contributed by atoms with Crippen molar-refractivity contribution in [1.82, 2.24) is 15.2 Å². The minimum absolute atomic E-state index is 0.501. The third-order valence-corrected chi connectivity index (χ3v) is 5.37. The molecule has 1 aromatic heterocycles. The van der Waals surface area contributed by atoms with Gasteiger partial charge in [0, 0.05) is 18.8 Å². The molecule has 0 amide bonds. The van der Waals surface area contributed by atoms with Crippen LogP contribution in [0.1, 0.15) is 62.2 Å². The molecule has 4 nitrogen and oxygen atoms in total. The molecule has 1 aromatic rings. The summed E-state index contributed by atoms with van der Waals surface area (Å²) < 4.78 is 0. The number of pyridine rings is 1. The number of fused-ring (bicyclic) bond motifs is 1. The summed E-state index contributed by atoms with van der Waals surface area (Å²) in [5, 5.41) is 3.72. The number of hydrogen-bond acceptors (Lipinski definition) is 4. The zero-order valence-electron chi connectivity index (χ0n) is 14.3. The van der Waals surface area contributed by atoms with Crippen molar-refractivity contribution in [1.29, 1.82) is 0 Å². The highest BCUT2D eigenvalue weighted by Crippen LogP contribution is 2.33. The van der Waals surface area contributed by atoms with E-state index in [0.717, 1.165) is 26.1 Å². The van der Waals surface area contributed by atoms with Crippen molar-refractivity contribution in [3.05, 3.63) is 29.6 Å². The van der Waals surface area contributed by atoms with Crippen molar-refractivity contribution >= 4 is 0 Å². The molecule has 0 radical (unpaired) electrons. The van der Waals surface area contributed by atoms with E-state index in [1.165, 1.54) is 62.7 Å². The van der Waals surface area contributed by atoms with E-state index in [4.69, 9.17) is 10.7 Å². The number of unbranched alkanes of at least 4 members (excludes halogenated alkanes) is 1. The van der Waals surface area contributed by atoms with Crippen LogP contribution in [0.15, 0.2) is 18.3 Å². The molecule has 0 unspecified atom stereocenters. The lowest BCUT2D eigenvalue weighted by Gasteiger charge is -2.38. The van der Waals surface area contributed by atoms with Crippen LogP contribution in [0.5, 0.6) is 0 Å². The number of nitrogens with zero attached hydrogens (tertiary/aromatic N) is 2. The molecule has 2 aliphatic rings. The largest absolute Gasteiger partial charge is 0.330 e. The van der Waals surface area contributed by atoms with Crippen molar-refractivity contribution in [2.24, 2.45) is 5.73 Å². The fourth-order valence-corrected chi connectivity index (χ4v) is 4.14. The average molecular weight is 316 g/mol. The minimum atomic E-state index is 0.501. The molecule has 2 heterocycles. The number of piperidine rings is 1. The SMILES string of the molecule is NCCCCN(C[C@H]1CCCCN1)[C@H]1CCCc2cccnc21. The van der Waals surface area contributed by atoms with Crippen molar-refractivity contribution < 1.29 is 0 Å². The molecule has 2 atom stereocenters. The summed E-state index contributed by atoms with van der Waals surface area (Å²) in [5.41, 5.74) is 8.51. The summed E-state index contributed by atoms with van der Waals surface area (Å²) >= 11 is 0. The van der Waals surface area contributed by atoms with E-state index >= 15 is 0 Å². The maximum absolute atomic E-state index is 5.71. The van der Waals surface area contributed by atoms with Gasteiger partial charge in [0.25, 0.3) is 0 Å². The molecule has 0 saturated carbocycles. The molecular weight excluding hydrogens is 284 g/mol. The second-order valence-corrected chi connectivity index (χ2v) is 7.09. The van der Waals surface area contributed by atoms with E-state index in [1.807, 2.05) is 6.20 Å². The molecule has 0 spiro atoms. The lowest BCUT2D eigenvalue weighted by Crippen LogP contribution is -2.46. The first-order valence-corrected chi connectivity index (χ1v) is 9.50. The molecule has 128 valence electrons. The van der Waals surface area contributed by atoms with Gasteiger partial charge < -0.3 is 11.1 Å². The maximum atomic E-state index is 5.71. The molecule has 3 rings (SSSR count). The van der Waals surface area contributed by atoms with Gasteiger partial charge in [0.05, 0.1) is 11.7 Å². The number of nitrogens with one attached hydrogen (secondary N) is 1. The van der Waals surface area contributed by atoms with Crippen molar-refractivity contribution in [3.8, 4) is 0 Å². The molecule has 23 heavy (non-hydrogen) atoms. The Morgan fingerprint density at radius 1 is 1.22 bits per heavy atom. The van der Waals surface area contributed by atoms with Crippen LogP contribution in [0.2, 0.25) is 0 Å². The minimum Gasteiger partial charge on any atom is -0.330 e. The quantitative estimate of drug-likeness (QED) is 0.759. The summed E-state index contributed by atoms with van der Waals surface area (Å²) in [6.07, 6.45) is 12.0. The first-order chi connectivity index (χ1) is 11.4. The van der Waals surface area contributed by atoms with Crippen LogP contribution in [0.3, 0.4) is 0 Å². The van der Waals surface area contributed by atoms with Gasteiger partial charge in [-0.15, -0.1) is 0 Å². The van der Waals surface area contributed by atoms with Crippen molar-refractivity contribution in [2.45, 2.75) is 63.5 Å². The predicted molar refractivity (Wildman–Crippen MR) is 95.4 cm³/mol. The fraction of sp³-hybridized carbons (Fsp3) is 0.737. The van der Waals surface area contributed by atoms with Crippen LogP contribution in [-0.2, 0) is 6.42 Å². The van der Waals surface area contributed by atoms with Gasteiger partial charge in [-0.3, -0.25) is 9.88 Å². The molecule has 3 N–H and O–H groups in total. The van der Waals surface area contributed by atoms with Gasteiger partial charge >= 0.3 is 0 Å². The predicted octanol–water partition coefficient (Wildman–Crippen LogP) is 2.64. The molecular formula is C19H32N4. The summed E-state index contributed by atoms with van der Waals surface area (Å²) in [4.78, 5) is 7.45. The van der Waals surface area contributed by atoms with Crippen LogP contribution in [0.25, 0.3) is 0 Å². The smallest absolute Gasteiger partial charge is 0.0607 e. The van der Waals surface area contributed by atoms with Crippen molar-refractivity contribution in [2.75, 3.05) is 26.2 Å². The van der Waals surface area contributed by atoms with Crippen LogP contribution < -0.4 is 11.1 Å². The second kappa shape index (κ2) is 8.76. The van der Waals surface area contributed by atoms with Crippen LogP contribution in [-0.4, -0.2) is 42.1 Å². The Balaban J connectivity index is 1.71. The van der Waals surface area contributed by atoms with Gasteiger partial charge in [0.15, 0.2) is 0 Å². The third-order valence-electron chi connectivity index (χ3n) is 5.37. The lowest BCUT2D eigenvalue weighted by atomic mass is 9.90. The molecule has 1 saturated heterocycles. The second-order valence-electron chi connectivity index (χ2n) is 7.09. The number of nitrogens with two attached hydrogens (primary N) is 1. The topological polar surface area (TPSA) is 54.2 Å². The first-order valence-electron chi connectivity index (χ1n) is 9.50. The van der Waals surface area contributed by atoms with E-state index in [1.54, 1.807) is 0 Å². The molecule has 4 heteroatoms. The Kier molecular flexibility index (Phi) is 6.43.